The number of rotatable bonds is 6. The molecule has 1 unspecified atom stereocenters. The van der Waals surface area contributed by atoms with Crippen molar-refractivity contribution >= 4 is 17.1 Å². The van der Waals surface area contributed by atoms with Gasteiger partial charge in [-0.1, -0.05) is 12.1 Å². The number of H-pyrrole nitrogens is 1. The van der Waals surface area contributed by atoms with E-state index in [4.69, 9.17) is 19.2 Å². The van der Waals surface area contributed by atoms with Crippen LogP contribution in [0, 0.1) is 0 Å². The predicted octanol–water partition coefficient (Wildman–Crippen LogP) is 3.68. The van der Waals surface area contributed by atoms with Crippen LogP contribution in [-0.2, 0) is 6.54 Å². The van der Waals surface area contributed by atoms with E-state index >= 15 is 0 Å². The number of imidazole rings is 1. The zero-order valence-corrected chi connectivity index (χ0v) is 18.1. The normalized spacial score (nSPS) is 16.2. The minimum atomic E-state index is -0.0884. The molecule has 1 aliphatic rings. The van der Waals surface area contributed by atoms with Crippen molar-refractivity contribution in [2.24, 2.45) is 0 Å². The number of para-hydroxylation sites is 2. The second kappa shape index (κ2) is 9.16. The molecule has 164 valence electrons. The van der Waals surface area contributed by atoms with Gasteiger partial charge in [0.2, 0.25) is 5.75 Å². The molecule has 2 N–H and O–H groups in total. The number of carbonyl (C=O) groups excluding carboxylic acids is 1. The maximum absolute atomic E-state index is 12.8. The van der Waals surface area contributed by atoms with Crippen LogP contribution in [0.25, 0.3) is 11.0 Å². The van der Waals surface area contributed by atoms with Gasteiger partial charge in [-0.25, -0.2) is 9.78 Å². The van der Waals surface area contributed by atoms with E-state index in [9.17, 15) is 4.79 Å². The van der Waals surface area contributed by atoms with E-state index in [0.717, 1.165) is 41.8 Å². The van der Waals surface area contributed by atoms with Gasteiger partial charge >= 0.3 is 6.03 Å². The van der Waals surface area contributed by atoms with E-state index < -0.39 is 0 Å². The molecule has 1 aromatic heterocycles. The molecule has 2 heterocycles. The number of hydrogen-bond acceptors (Lipinski definition) is 5. The second-order valence-electron chi connectivity index (χ2n) is 7.62. The molecule has 1 saturated heterocycles. The highest BCUT2D eigenvalue weighted by atomic mass is 16.5. The number of fused-ring (bicyclic) bond motifs is 1. The van der Waals surface area contributed by atoms with Crippen LogP contribution in [0.15, 0.2) is 36.4 Å². The Morgan fingerprint density at radius 2 is 1.90 bits per heavy atom. The Kier molecular flexibility index (Phi) is 6.16. The third kappa shape index (κ3) is 4.38. The van der Waals surface area contributed by atoms with Gasteiger partial charge in [0.05, 0.1) is 32.4 Å². The molecule has 3 aromatic rings. The summed E-state index contributed by atoms with van der Waals surface area (Å²) in [4.78, 5) is 22.8. The number of hydrogen-bond donors (Lipinski definition) is 2. The Morgan fingerprint density at radius 1 is 1.16 bits per heavy atom. The second-order valence-corrected chi connectivity index (χ2v) is 7.62. The lowest BCUT2D eigenvalue weighted by Gasteiger charge is -2.32. The summed E-state index contributed by atoms with van der Waals surface area (Å²) in [6.45, 7) is 1.74. The first-order valence-corrected chi connectivity index (χ1v) is 10.4. The molecule has 1 fully saturated rings. The number of nitrogens with one attached hydrogen (secondary N) is 2. The molecular weight excluding hydrogens is 396 g/mol. The van der Waals surface area contributed by atoms with Crippen molar-refractivity contribution in [3.63, 3.8) is 0 Å². The number of nitrogens with zero attached hydrogens (tertiary/aromatic N) is 2. The largest absolute Gasteiger partial charge is 0.493 e. The van der Waals surface area contributed by atoms with Gasteiger partial charge in [0.15, 0.2) is 11.5 Å². The quantitative estimate of drug-likeness (QED) is 0.630. The third-order valence-corrected chi connectivity index (χ3v) is 5.67. The van der Waals surface area contributed by atoms with Gasteiger partial charge in [-0.2, -0.15) is 0 Å². The van der Waals surface area contributed by atoms with Crippen LogP contribution < -0.4 is 19.5 Å². The van der Waals surface area contributed by atoms with Crippen molar-refractivity contribution in [2.75, 3.05) is 34.4 Å². The van der Waals surface area contributed by atoms with Crippen LogP contribution in [-0.4, -0.2) is 55.3 Å². The molecule has 4 rings (SSSR count). The third-order valence-electron chi connectivity index (χ3n) is 5.67. The highest BCUT2D eigenvalue weighted by Gasteiger charge is 2.27. The lowest BCUT2D eigenvalue weighted by Crippen LogP contribution is -2.44. The highest BCUT2D eigenvalue weighted by molar-refractivity contribution is 5.76. The van der Waals surface area contributed by atoms with Crippen LogP contribution in [0.4, 0.5) is 4.79 Å². The van der Waals surface area contributed by atoms with Crippen molar-refractivity contribution in [1.82, 2.24) is 20.2 Å². The van der Waals surface area contributed by atoms with Gasteiger partial charge in [-0.3, -0.25) is 0 Å². The summed E-state index contributed by atoms with van der Waals surface area (Å²) in [5, 5.41) is 3.01. The average molecular weight is 425 g/mol. The topological polar surface area (TPSA) is 88.7 Å². The highest BCUT2D eigenvalue weighted by Crippen LogP contribution is 2.38. The molecule has 31 heavy (non-hydrogen) atoms. The number of urea groups is 1. The van der Waals surface area contributed by atoms with Crippen LogP contribution in [0.5, 0.6) is 17.2 Å². The molecule has 1 atom stereocenters. The van der Waals surface area contributed by atoms with Gasteiger partial charge in [-0.05, 0) is 42.7 Å². The van der Waals surface area contributed by atoms with Gasteiger partial charge in [-0.15, -0.1) is 0 Å². The van der Waals surface area contributed by atoms with Gasteiger partial charge in [0, 0.05) is 25.6 Å². The summed E-state index contributed by atoms with van der Waals surface area (Å²) >= 11 is 0. The first kappa shape index (κ1) is 20.8. The number of amides is 2. The first-order chi connectivity index (χ1) is 15.1. The molecule has 0 aliphatic carbocycles. The van der Waals surface area contributed by atoms with Crippen LogP contribution in [0.3, 0.4) is 0 Å². The van der Waals surface area contributed by atoms with E-state index in [0.29, 0.717) is 30.3 Å². The van der Waals surface area contributed by atoms with Crippen LogP contribution in [0.2, 0.25) is 0 Å². The number of aromatic nitrogens is 2. The Morgan fingerprint density at radius 3 is 2.58 bits per heavy atom. The zero-order valence-electron chi connectivity index (χ0n) is 18.1. The molecule has 8 heteroatoms. The monoisotopic (exact) mass is 424 g/mol. The molecule has 2 aromatic carbocycles. The predicted molar refractivity (Wildman–Crippen MR) is 118 cm³/mol. The van der Waals surface area contributed by atoms with E-state index in [1.54, 1.807) is 21.3 Å². The molecule has 0 bridgehead atoms. The molecule has 0 spiro atoms. The Hall–Kier alpha value is -3.42. The summed E-state index contributed by atoms with van der Waals surface area (Å²) in [6, 6.07) is 11.6. The van der Waals surface area contributed by atoms with E-state index in [-0.39, 0.29) is 11.9 Å². The van der Waals surface area contributed by atoms with Gasteiger partial charge in [0.25, 0.3) is 0 Å². The van der Waals surface area contributed by atoms with Crippen LogP contribution in [0.1, 0.15) is 30.1 Å². The summed E-state index contributed by atoms with van der Waals surface area (Å²) < 4.78 is 16.1. The van der Waals surface area contributed by atoms with Crippen molar-refractivity contribution in [3.05, 3.63) is 47.8 Å². The van der Waals surface area contributed by atoms with Gasteiger partial charge in [0.1, 0.15) is 5.82 Å². The molecule has 0 radical (unpaired) electrons. The molecule has 0 saturated carbocycles. The Labute approximate surface area is 181 Å². The van der Waals surface area contributed by atoms with Crippen LogP contribution >= 0.6 is 0 Å². The van der Waals surface area contributed by atoms with Crippen molar-refractivity contribution in [2.45, 2.75) is 25.3 Å². The summed E-state index contributed by atoms with van der Waals surface area (Å²) in [7, 11) is 4.72. The Balaban J connectivity index is 1.41. The van der Waals surface area contributed by atoms with E-state index in [2.05, 4.69) is 10.3 Å². The fourth-order valence-corrected chi connectivity index (χ4v) is 4.08. The lowest BCUT2D eigenvalue weighted by molar-refractivity contribution is 0.178. The summed E-state index contributed by atoms with van der Waals surface area (Å²) in [5.74, 6) is 2.81. The smallest absolute Gasteiger partial charge is 0.317 e. The first-order valence-electron chi connectivity index (χ1n) is 10.4. The average Bonchev–Trinajstić information content (AvgIpc) is 3.26. The minimum absolute atomic E-state index is 0.0884. The maximum Gasteiger partial charge on any atom is 0.317 e. The van der Waals surface area contributed by atoms with E-state index in [1.165, 1.54) is 0 Å². The number of benzene rings is 2. The van der Waals surface area contributed by atoms with E-state index in [1.807, 2.05) is 41.3 Å². The van der Waals surface area contributed by atoms with Crippen molar-refractivity contribution in [1.29, 1.82) is 0 Å². The fraction of sp³-hybridized carbons (Fsp3) is 0.391. The molecule has 8 nitrogen and oxygen atoms in total. The van der Waals surface area contributed by atoms with Gasteiger partial charge < -0.3 is 29.4 Å². The molecular formula is C23H28N4O4. The SMILES string of the molecule is COc1cc(CNC(=O)N2CCCC(c3nc4ccccc4[nH]3)C2)cc(OC)c1OC. The number of ether oxygens (including phenoxy) is 3. The lowest BCUT2D eigenvalue weighted by atomic mass is 9.97. The number of carbonyl (C=O) groups is 1. The number of likely N-dealkylation sites (tertiary alicyclic amines) is 1. The van der Waals surface area contributed by atoms with Crippen molar-refractivity contribution in [3.8, 4) is 17.2 Å². The summed E-state index contributed by atoms with van der Waals surface area (Å²) in [6.07, 6.45) is 1.95. The maximum atomic E-state index is 12.8. The Bertz CT molecular complexity index is 1010. The number of methoxy groups -OCH3 is 3. The summed E-state index contributed by atoms with van der Waals surface area (Å²) in [5.41, 5.74) is 2.86. The zero-order chi connectivity index (χ0) is 21.8. The number of aromatic amines is 1. The standard InChI is InChI=1S/C23H28N4O4/c1-29-19-11-15(12-20(30-2)21(19)31-3)13-24-23(28)27-10-6-7-16(14-27)22-25-17-8-4-5-9-18(17)26-22/h4-5,8-9,11-12,16H,6-7,10,13-14H2,1-3H3,(H,24,28)(H,25,26). The fourth-order valence-electron chi connectivity index (χ4n) is 4.08. The molecule has 1 aliphatic heterocycles. The van der Waals surface area contributed by atoms with Crippen molar-refractivity contribution < 1.29 is 19.0 Å². The minimum Gasteiger partial charge on any atom is -0.493 e. The molecule has 2 amide bonds. The number of piperidine rings is 1.